The Morgan fingerprint density at radius 1 is 0.887 bits per heavy atom. The zero-order valence-corrected chi connectivity index (χ0v) is 37.6. The van der Waals surface area contributed by atoms with Gasteiger partial charge in [0.25, 0.3) is 0 Å². The average Bonchev–Trinajstić information content (AvgIpc) is 3.90. The van der Waals surface area contributed by atoms with Crippen LogP contribution in [0.5, 0.6) is 17.2 Å². The van der Waals surface area contributed by atoms with Crippen LogP contribution < -0.4 is 30.2 Å². The summed E-state index contributed by atoms with van der Waals surface area (Å²) in [6, 6.07) is 27.5. The van der Waals surface area contributed by atoms with Gasteiger partial charge < -0.3 is 30.2 Å². The van der Waals surface area contributed by atoms with E-state index in [4.69, 9.17) is 30.8 Å². The third-order valence-corrected chi connectivity index (χ3v) is 11.8. The molecule has 0 spiro atoms. The van der Waals surface area contributed by atoms with E-state index in [9.17, 15) is 4.79 Å². The number of methoxy groups -OCH3 is 3. The standard InChI is InChI=1S/C25H28N4O2S.C22H22ClN5O2/c1-15(24-10-18(14-32-24)19-9-7-6-8-17(19)13-26-3)27-25-20-11-22(30-4)23(31-5)12-21(20)28-16(2)29-25;1-4-24-20(29)12-18-22-27-26-13(2)28(22)19-10-9-16(30-3)11-17(19)21(25-18)14-5-7-15(23)8-6-14/h6-12,14-15,26H,13H2,1-5H3,(H,27,28,29);5-11,18H,4,12H2,1-3H3,(H,24,29). The van der Waals surface area contributed by atoms with E-state index in [0.717, 1.165) is 51.6 Å². The highest BCUT2D eigenvalue weighted by Gasteiger charge is 2.30. The molecule has 3 N–H and O–H groups in total. The lowest BCUT2D eigenvalue weighted by atomic mass is 10.00. The molecule has 15 heteroatoms. The van der Waals surface area contributed by atoms with Crippen LogP contribution in [0.1, 0.15) is 71.4 Å². The van der Waals surface area contributed by atoms with Crippen molar-refractivity contribution in [1.82, 2.24) is 35.4 Å². The Labute approximate surface area is 370 Å². The second-order valence-corrected chi connectivity index (χ2v) is 16.0. The SMILES string of the molecule is CCNC(=O)CC1N=C(c2ccc(Cl)cc2)c2cc(OC)ccc2-n2c(C)nnc21.CNCc1ccccc1-c1csc(C(C)Nc2nc(C)nc3cc(OC)c(OC)cc23)c1. The molecule has 4 aromatic carbocycles. The maximum absolute atomic E-state index is 12.4. The molecule has 1 aliphatic rings. The number of hydrogen-bond donors (Lipinski definition) is 3. The van der Waals surface area contributed by atoms with Gasteiger partial charge in [-0.1, -0.05) is 48.0 Å². The van der Waals surface area contributed by atoms with Gasteiger partial charge in [-0.25, -0.2) is 9.97 Å². The number of ether oxygens (including phenoxy) is 3. The smallest absolute Gasteiger partial charge is 0.222 e. The van der Waals surface area contributed by atoms with E-state index in [2.05, 4.69) is 78.8 Å². The van der Waals surface area contributed by atoms with Crippen LogP contribution in [-0.2, 0) is 11.3 Å². The highest BCUT2D eigenvalue weighted by atomic mass is 35.5. The number of thiophene rings is 1. The Hall–Kier alpha value is -6.35. The Kier molecular flexibility index (Phi) is 13.8. The topological polar surface area (TPSA) is 150 Å². The van der Waals surface area contributed by atoms with E-state index >= 15 is 0 Å². The normalized spacial score (nSPS) is 13.4. The van der Waals surface area contributed by atoms with Crippen LogP contribution in [0.3, 0.4) is 0 Å². The van der Waals surface area contributed by atoms with Gasteiger partial charge in [0.15, 0.2) is 17.3 Å². The number of aromatic nitrogens is 5. The van der Waals surface area contributed by atoms with E-state index in [0.29, 0.717) is 40.5 Å². The van der Waals surface area contributed by atoms with Crippen molar-refractivity contribution >= 4 is 51.3 Å². The average molecular weight is 872 g/mol. The van der Waals surface area contributed by atoms with E-state index in [-0.39, 0.29) is 18.4 Å². The van der Waals surface area contributed by atoms with Crippen molar-refractivity contribution in [3.05, 3.63) is 134 Å². The molecule has 13 nitrogen and oxygen atoms in total. The molecular weight excluding hydrogens is 822 g/mol. The van der Waals surface area contributed by atoms with Crippen LogP contribution in [-0.4, -0.2) is 71.3 Å². The van der Waals surface area contributed by atoms with E-state index in [1.807, 2.05) is 87.0 Å². The van der Waals surface area contributed by atoms with Crippen LogP contribution in [0, 0.1) is 13.8 Å². The summed E-state index contributed by atoms with van der Waals surface area (Å²) in [5.74, 6) is 4.78. The van der Waals surface area contributed by atoms with Crippen LogP contribution in [0.15, 0.2) is 95.3 Å². The molecule has 0 radical (unpaired) electrons. The number of nitrogens with one attached hydrogen (secondary N) is 3. The molecule has 0 aliphatic carbocycles. The molecule has 1 aliphatic heterocycles. The second-order valence-electron chi connectivity index (χ2n) is 14.6. The van der Waals surface area contributed by atoms with Crippen molar-refractivity contribution in [2.45, 2.75) is 52.7 Å². The van der Waals surface area contributed by atoms with Crippen LogP contribution in [0.4, 0.5) is 5.82 Å². The lowest BCUT2D eigenvalue weighted by molar-refractivity contribution is -0.121. The molecule has 4 heterocycles. The van der Waals surface area contributed by atoms with Crippen molar-refractivity contribution < 1.29 is 19.0 Å². The van der Waals surface area contributed by atoms with Crippen molar-refractivity contribution in [1.29, 1.82) is 0 Å². The van der Waals surface area contributed by atoms with Gasteiger partial charge >= 0.3 is 0 Å². The fraction of sp³-hybridized carbons (Fsp3) is 0.277. The van der Waals surface area contributed by atoms with Gasteiger partial charge in [-0.2, -0.15) is 0 Å². The monoisotopic (exact) mass is 871 g/mol. The molecule has 62 heavy (non-hydrogen) atoms. The Balaban J connectivity index is 0.000000187. The maximum atomic E-state index is 12.4. The molecule has 0 saturated heterocycles. The summed E-state index contributed by atoms with van der Waals surface area (Å²) in [6.07, 6.45) is 0.175. The molecule has 0 bridgehead atoms. The summed E-state index contributed by atoms with van der Waals surface area (Å²) in [4.78, 5) is 27.9. The van der Waals surface area contributed by atoms with Gasteiger partial charge in [0.2, 0.25) is 5.91 Å². The number of benzene rings is 4. The summed E-state index contributed by atoms with van der Waals surface area (Å²) in [6.45, 7) is 9.23. The molecule has 2 atom stereocenters. The summed E-state index contributed by atoms with van der Waals surface area (Å²) in [5.41, 5.74) is 8.01. The van der Waals surface area contributed by atoms with Gasteiger partial charge in [0, 0.05) is 45.6 Å². The number of amides is 1. The predicted molar refractivity (Wildman–Crippen MR) is 248 cm³/mol. The predicted octanol–water partition coefficient (Wildman–Crippen LogP) is 9.23. The number of fused-ring (bicyclic) bond motifs is 4. The van der Waals surface area contributed by atoms with Crippen molar-refractivity contribution in [3.63, 3.8) is 0 Å². The summed E-state index contributed by atoms with van der Waals surface area (Å²) in [7, 11) is 6.86. The molecule has 0 fully saturated rings. The molecule has 0 saturated carbocycles. The van der Waals surface area contributed by atoms with E-state index < -0.39 is 6.04 Å². The molecule has 3 aromatic heterocycles. The highest BCUT2D eigenvalue weighted by Crippen LogP contribution is 2.38. The summed E-state index contributed by atoms with van der Waals surface area (Å²) in [5, 5.41) is 22.1. The van der Waals surface area contributed by atoms with Crippen LogP contribution in [0.25, 0.3) is 27.7 Å². The molecule has 1 amide bonds. The maximum Gasteiger partial charge on any atom is 0.222 e. The first-order valence-electron chi connectivity index (χ1n) is 20.2. The van der Waals surface area contributed by atoms with Crippen molar-refractivity contribution in [2.75, 3.05) is 40.2 Å². The van der Waals surface area contributed by atoms with Crippen LogP contribution in [0.2, 0.25) is 5.02 Å². The molecule has 7 aromatic rings. The summed E-state index contributed by atoms with van der Waals surface area (Å²) < 4.78 is 18.4. The number of nitrogens with zero attached hydrogens (tertiary/aromatic N) is 6. The number of halogens is 1. The molecule has 2 unspecified atom stereocenters. The lowest BCUT2D eigenvalue weighted by Gasteiger charge is -2.16. The fourth-order valence-electron chi connectivity index (χ4n) is 7.45. The molecule has 320 valence electrons. The van der Waals surface area contributed by atoms with Crippen molar-refractivity contribution in [2.24, 2.45) is 4.99 Å². The first-order chi connectivity index (χ1) is 30.0. The largest absolute Gasteiger partial charge is 0.497 e. The van der Waals surface area contributed by atoms with E-state index in [1.54, 1.807) is 32.7 Å². The third kappa shape index (κ3) is 9.42. The Morgan fingerprint density at radius 2 is 1.65 bits per heavy atom. The highest BCUT2D eigenvalue weighted by molar-refractivity contribution is 7.10. The zero-order valence-electron chi connectivity index (χ0n) is 36.0. The first kappa shape index (κ1) is 43.7. The number of carbonyl (C=O) groups excluding carboxylic acids is 1. The first-order valence-corrected chi connectivity index (χ1v) is 21.5. The fourth-order valence-corrected chi connectivity index (χ4v) is 8.49. The van der Waals surface area contributed by atoms with Gasteiger partial charge in [-0.05, 0) is 99.3 Å². The third-order valence-electron chi connectivity index (χ3n) is 10.4. The minimum atomic E-state index is -0.484. The molecular formula is C47H50ClN9O4S. The van der Waals surface area contributed by atoms with Gasteiger partial charge in [-0.15, -0.1) is 21.5 Å². The van der Waals surface area contributed by atoms with Crippen LogP contribution >= 0.6 is 22.9 Å². The molecule has 8 rings (SSSR count). The number of aliphatic imine (C=N–C) groups is 1. The van der Waals surface area contributed by atoms with Gasteiger partial charge in [0.1, 0.15) is 29.3 Å². The number of aryl methyl sites for hydroxylation is 2. The minimum Gasteiger partial charge on any atom is -0.497 e. The number of anilines is 1. The summed E-state index contributed by atoms with van der Waals surface area (Å²) >= 11 is 7.85. The minimum absolute atomic E-state index is 0.0795. The number of carbonyl (C=O) groups is 1. The quantitative estimate of drug-likeness (QED) is 0.102. The van der Waals surface area contributed by atoms with Crippen molar-refractivity contribution in [3.8, 4) is 34.1 Å². The zero-order chi connectivity index (χ0) is 43.9. The second kappa shape index (κ2) is 19.6. The number of rotatable bonds is 13. The lowest BCUT2D eigenvalue weighted by Crippen LogP contribution is -2.25. The van der Waals surface area contributed by atoms with E-state index in [1.165, 1.54) is 21.6 Å². The number of hydrogen-bond acceptors (Lipinski definition) is 12. The van der Waals surface area contributed by atoms with Gasteiger partial charge in [-0.3, -0.25) is 14.4 Å². The Bertz CT molecular complexity index is 2730. The Morgan fingerprint density at radius 3 is 2.37 bits per heavy atom. The van der Waals surface area contributed by atoms with Gasteiger partial charge in [0.05, 0.1) is 50.7 Å².